The van der Waals surface area contributed by atoms with Gasteiger partial charge in [0.2, 0.25) is 0 Å². The third kappa shape index (κ3) is 4.47. The highest BCUT2D eigenvalue weighted by atomic mass is 79.9. The van der Waals surface area contributed by atoms with Crippen molar-refractivity contribution in [2.45, 2.75) is 26.3 Å². The molecule has 1 N–H and O–H groups in total. The maximum Gasteiger partial charge on any atom is 0.0283 e. The van der Waals surface area contributed by atoms with E-state index < -0.39 is 0 Å². The predicted molar refractivity (Wildman–Crippen MR) is 66.1 cm³/mol. The van der Waals surface area contributed by atoms with Gasteiger partial charge in [0, 0.05) is 10.0 Å². The van der Waals surface area contributed by atoms with E-state index in [1.165, 1.54) is 5.56 Å². The first-order chi connectivity index (χ1) is 6.47. The van der Waals surface area contributed by atoms with E-state index in [0.29, 0.717) is 0 Å². The first-order valence-corrected chi connectivity index (χ1v) is 5.46. The van der Waals surface area contributed by atoms with E-state index in [-0.39, 0.29) is 5.54 Å². The Labute approximate surface area is 94.3 Å². The van der Waals surface area contributed by atoms with Crippen LogP contribution in [0.5, 0.6) is 0 Å². The second-order valence-corrected chi connectivity index (χ2v) is 5.19. The molecule has 0 heterocycles. The van der Waals surface area contributed by atoms with Gasteiger partial charge in [-0.1, -0.05) is 28.1 Å². The van der Waals surface area contributed by atoms with Gasteiger partial charge in [0.1, 0.15) is 0 Å². The Morgan fingerprint density at radius 1 is 1.14 bits per heavy atom. The molecule has 76 valence electrons. The molecule has 1 aromatic rings. The van der Waals surface area contributed by atoms with Gasteiger partial charge in [0.05, 0.1) is 0 Å². The Kier molecular flexibility index (Phi) is 3.76. The van der Waals surface area contributed by atoms with E-state index in [1.54, 1.807) is 0 Å². The molecule has 0 amide bonds. The van der Waals surface area contributed by atoms with Crippen LogP contribution in [-0.4, -0.2) is 5.54 Å². The highest BCUT2D eigenvalue weighted by molar-refractivity contribution is 9.10. The summed E-state index contributed by atoms with van der Waals surface area (Å²) in [4.78, 5) is 0. The van der Waals surface area contributed by atoms with Gasteiger partial charge in [-0.25, -0.2) is 0 Å². The Balaban J connectivity index is 2.57. The molecule has 0 fully saturated rings. The first-order valence-electron chi connectivity index (χ1n) is 4.67. The van der Waals surface area contributed by atoms with Crippen LogP contribution in [0.2, 0.25) is 0 Å². The van der Waals surface area contributed by atoms with Crippen LogP contribution in [0.25, 0.3) is 6.08 Å². The van der Waals surface area contributed by atoms with E-state index in [0.717, 1.165) is 4.47 Å². The van der Waals surface area contributed by atoms with Crippen LogP contribution >= 0.6 is 15.9 Å². The van der Waals surface area contributed by atoms with Crippen molar-refractivity contribution < 1.29 is 0 Å². The number of nitrogens with one attached hydrogen (secondary N) is 1. The molecule has 1 rings (SSSR count). The minimum atomic E-state index is 0.131. The average molecular weight is 254 g/mol. The van der Waals surface area contributed by atoms with Crippen molar-refractivity contribution in [3.05, 3.63) is 40.5 Å². The summed E-state index contributed by atoms with van der Waals surface area (Å²) in [5, 5.41) is 3.29. The molecule has 2 heteroatoms. The van der Waals surface area contributed by atoms with Crippen LogP contribution in [0.4, 0.5) is 0 Å². The van der Waals surface area contributed by atoms with Crippen molar-refractivity contribution in [2.75, 3.05) is 0 Å². The molecule has 0 unspecified atom stereocenters. The van der Waals surface area contributed by atoms with Gasteiger partial charge in [0.25, 0.3) is 0 Å². The topological polar surface area (TPSA) is 12.0 Å². The second-order valence-electron chi connectivity index (χ2n) is 4.28. The molecule has 0 bridgehead atoms. The maximum atomic E-state index is 3.41. The van der Waals surface area contributed by atoms with Gasteiger partial charge in [-0.3, -0.25) is 0 Å². The molecule has 0 atom stereocenters. The standard InChI is InChI=1S/C12H16BrN/c1-12(2,3)14-9-8-10-4-6-11(13)7-5-10/h4-9,14H,1-3H3/b9-8+. The quantitative estimate of drug-likeness (QED) is 0.846. The Hall–Kier alpha value is -0.760. The van der Waals surface area contributed by atoms with Crippen molar-refractivity contribution in [2.24, 2.45) is 0 Å². The maximum absolute atomic E-state index is 3.41. The zero-order valence-corrected chi connectivity index (χ0v) is 10.4. The number of hydrogen-bond donors (Lipinski definition) is 1. The molecule has 0 saturated heterocycles. The van der Waals surface area contributed by atoms with Crippen LogP contribution in [0.1, 0.15) is 26.3 Å². The van der Waals surface area contributed by atoms with E-state index in [9.17, 15) is 0 Å². The third-order valence-corrected chi connectivity index (χ3v) is 2.19. The number of halogens is 1. The third-order valence-electron chi connectivity index (χ3n) is 1.66. The lowest BCUT2D eigenvalue weighted by molar-refractivity contribution is 0.492. The Morgan fingerprint density at radius 2 is 1.71 bits per heavy atom. The van der Waals surface area contributed by atoms with Crippen molar-refractivity contribution in [3.63, 3.8) is 0 Å². The summed E-state index contributed by atoms with van der Waals surface area (Å²) < 4.78 is 1.11. The van der Waals surface area contributed by atoms with Crippen LogP contribution in [0, 0.1) is 0 Å². The van der Waals surface area contributed by atoms with Gasteiger partial charge in [-0.15, -0.1) is 0 Å². The molecule has 1 aromatic carbocycles. The molecule has 1 nitrogen and oxygen atoms in total. The van der Waals surface area contributed by atoms with E-state index in [1.807, 2.05) is 18.3 Å². The molecule has 0 saturated carbocycles. The number of hydrogen-bond acceptors (Lipinski definition) is 1. The summed E-state index contributed by atoms with van der Waals surface area (Å²) in [6, 6.07) is 8.23. The van der Waals surface area contributed by atoms with E-state index in [2.05, 4.69) is 60.2 Å². The van der Waals surface area contributed by atoms with Crippen LogP contribution in [-0.2, 0) is 0 Å². The van der Waals surface area contributed by atoms with Crippen molar-refractivity contribution in [3.8, 4) is 0 Å². The smallest absolute Gasteiger partial charge is 0.0283 e. The van der Waals surface area contributed by atoms with Gasteiger partial charge in [-0.05, 0) is 50.7 Å². The SMILES string of the molecule is CC(C)(C)N/C=C/c1ccc(Br)cc1. The monoisotopic (exact) mass is 253 g/mol. The minimum Gasteiger partial charge on any atom is -0.386 e. The molecule has 0 aliphatic rings. The fraction of sp³-hybridized carbons (Fsp3) is 0.333. The minimum absolute atomic E-state index is 0.131. The lowest BCUT2D eigenvalue weighted by atomic mass is 10.1. The molecule has 0 aliphatic heterocycles. The number of benzene rings is 1. The van der Waals surface area contributed by atoms with Crippen LogP contribution in [0.15, 0.2) is 34.9 Å². The van der Waals surface area contributed by atoms with Gasteiger partial charge in [-0.2, -0.15) is 0 Å². The highest BCUT2D eigenvalue weighted by Crippen LogP contribution is 2.11. The lowest BCUT2D eigenvalue weighted by Gasteiger charge is -2.18. The summed E-state index contributed by atoms with van der Waals surface area (Å²) in [6.07, 6.45) is 4.06. The van der Waals surface area contributed by atoms with E-state index in [4.69, 9.17) is 0 Å². The van der Waals surface area contributed by atoms with Crippen molar-refractivity contribution >= 4 is 22.0 Å². The zero-order valence-electron chi connectivity index (χ0n) is 8.84. The van der Waals surface area contributed by atoms with Crippen LogP contribution in [0.3, 0.4) is 0 Å². The van der Waals surface area contributed by atoms with Gasteiger partial charge < -0.3 is 5.32 Å². The summed E-state index contributed by atoms with van der Waals surface area (Å²) >= 11 is 3.41. The highest BCUT2D eigenvalue weighted by Gasteiger charge is 2.04. The van der Waals surface area contributed by atoms with Gasteiger partial charge >= 0.3 is 0 Å². The number of rotatable bonds is 2. The molecule has 14 heavy (non-hydrogen) atoms. The first kappa shape index (κ1) is 11.3. The van der Waals surface area contributed by atoms with Crippen molar-refractivity contribution in [1.82, 2.24) is 5.32 Å². The summed E-state index contributed by atoms with van der Waals surface area (Å²) in [7, 11) is 0. The molecule has 0 aromatic heterocycles. The van der Waals surface area contributed by atoms with Gasteiger partial charge in [0.15, 0.2) is 0 Å². The molecule has 0 aliphatic carbocycles. The lowest BCUT2D eigenvalue weighted by Crippen LogP contribution is -2.30. The molecule has 0 spiro atoms. The van der Waals surface area contributed by atoms with E-state index >= 15 is 0 Å². The summed E-state index contributed by atoms with van der Waals surface area (Å²) in [6.45, 7) is 6.41. The zero-order chi connectivity index (χ0) is 10.6. The molecule has 0 radical (unpaired) electrons. The summed E-state index contributed by atoms with van der Waals surface area (Å²) in [5.74, 6) is 0. The Morgan fingerprint density at radius 3 is 2.21 bits per heavy atom. The van der Waals surface area contributed by atoms with Crippen LogP contribution < -0.4 is 5.32 Å². The fourth-order valence-electron chi connectivity index (χ4n) is 0.962. The average Bonchev–Trinajstić information content (AvgIpc) is 2.06. The van der Waals surface area contributed by atoms with Crippen molar-refractivity contribution in [1.29, 1.82) is 0 Å². The second kappa shape index (κ2) is 4.65. The normalized spacial score (nSPS) is 12.0. The summed E-state index contributed by atoms with van der Waals surface area (Å²) in [5.41, 5.74) is 1.33. The molecular weight excluding hydrogens is 238 g/mol. The Bertz CT molecular complexity index is 306. The largest absolute Gasteiger partial charge is 0.386 e. The fourth-order valence-corrected chi connectivity index (χ4v) is 1.23. The predicted octanol–water partition coefficient (Wildman–Crippen LogP) is 3.81. The molecular formula is C12H16BrN.